The third-order valence-electron chi connectivity index (χ3n) is 3.43. The monoisotopic (exact) mass is 293 g/mol. The van der Waals surface area contributed by atoms with Gasteiger partial charge in [0.2, 0.25) is 5.91 Å². The number of para-hydroxylation sites is 1. The highest BCUT2D eigenvalue weighted by molar-refractivity contribution is 5.88. The van der Waals surface area contributed by atoms with Crippen LogP contribution in [0.3, 0.4) is 0 Å². The summed E-state index contributed by atoms with van der Waals surface area (Å²) >= 11 is 0. The van der Waals surface area contributed by atoms with E-state index in [0.29, 0.717) is 31.2 Å². The van der Waals surface area contributed by atoms with Gasteiger partial charge in [-0.15, -0.1) is 0 Å². The maximum absolute atomic E-state index is 12.4. The minimum atomic E-state index is -0.379. The van der Waals surface area contributed by atoms with Crippen LogP contribution < -0.4 is 20.7 Å². The zero-order valence-corrected chi connectivity index (χ0v) is 12.8. The minimum Gasteiger partial charge on any atom is -0.495 e. The maximum Gasteiger partial charge on any atom is 0.245 e. The predicted molar refractivity (Wildman–Crippen MR) is 82.6 cm³/mol. The van der Waals surface area contributed by atoms with Gasteiger partial charge in [-0.25, -0.2) is 0 Å². The lowest BCUT2D eigenvalue weighted by Crippen LogP contribution is -2.55. The summed E-state index contributed by atoms with van der Waals surface area (Å²) in [5.74, 6) is 0.564. The number of carbonyl (C=O) groups is 1. The molecule has 2 rings (SSSR count). The highest BCUT2D eigenvalue weighted by Gasteiger charge is 2.31. The molecule has 6 nitrogen and oxygen atoms in total. The number of methoxy groups -OCH3 is 1. The lowest BCUT2D eigenvalue weighted by Gasteiger charge is -2.37. The van der Waals surface area contributed by atoms with Crippen LogP contribution in [0.15, 0.2) is 18.2 Å². The van der Waals surface area contributed by atoms with Crippen LogP contribution >= 0.6 is 0 Å². The first-order valence-corrected chi connectivity index (χ1v) is 7.11. The summed E-state index contributed by atoms with van der Waals surface area (Å²) < 4.78 is 10.7. The van der Waals surface area contributed by atoms with E-state index >= 15 is 0 Å². The van der Waals surface area contributed by atoms with E-state index in [1.807, 2.05) is 36.9 Å². The first-order chi connectivity index (χ1) is 10.0. The van der Waals surface area contributed by atoms with E-state index in [9.17, 15) is 4.79 Å². The average molecular weight is 293 g/mol. The summed E-state index contributed by atoms with van der Waals surface area (Å²) in [6, 6.07) is 5.29. The standard InChI is InChI=1S/C15H23N3O3/c1-10(2)17-15(19)12-9-21-8-7-18(12)11-5-4-6-13(20-3)14(11)16/h4-6,10,12H,7-9,16H2,1-3H3,(H,17,19). The van der Waals surface area contributed by atoms with Crippen molar-refractivity contribution in [3.63, 3.8) is 0 Å². The van der Waals surface area contributed by atoms with Crippen molar-refractivity contribution in [2.24, 2.45) is 0 Å². The molecule has 0 radical (unpaired) electrons. The van der Waals surface area contributed by atoms with Crippen LogP contribution in [-0.4, -0.2) is 44.9 Å². The van der Waals surface area contributed by atoms with Crippen LogP contribution in [0.1, 0.15) is 13.8 Å². The van der Waals surface area contributed by atoms with Crippen molar-refractivity contribution in [2.75, 3.05) is 37.5 Å². The van der Waals surface area contributed by atoms with Crippen molar-refractivity contribution in [3.05, 3.63) is 18.2 Å². The van der Waals surface area contributed by atoms with Crippen molar-refractivity contribution in [3.8, 4) is 5.75 Å². The molecule has 1 aliphatic heterocycles. The van der Waals surface area contributed by atoms with E-state index in [0.717, 1.165) is 5.69 Å². The molecule has 3 N–H and O–H groups in total. The number of nitrogen functional groups attached to an aromatic ring is 1. The van der Waals surface area contributed by atoms with Gasteiger partial charge < -0.3 is 25.4 Å². The van der Waals surface area contributed by atoms with E-state index < -0.39 is 0 Å². The molecule has 1 unspecified atom stereocenters. The molecular formula is C15H23N3O3. The van der Waals surface area contributed by atoms with E-state index in [4.69, 9.17) is 15.2 Å². The van der Waals surface area contributed by atoms with Gasteiger partial charge in [0.15, 0.2) is 0 Å². The number of morpholine rings is 1. The Balaban J connectivity index is 2.28. The lowest BCUT2D eigenvalue weighted by atomic mass is 10.1. The SMILES string of the molecule is COc1cccc(N2CCOCC2C(=O)NC(C)C)c1N. The molecule has 0 saturated carbocycles. The Bertz CT molecular complexity index is 505. The normalized spacial score (nSPS) is 18.7. The van der Waals surface area contributed by atoms with Gasteiger partial charge in [-0.3, -0.25) is 4.79 Å². The van der Waals surface area contributed by atoms with E-state index in [1.165, 1.54) is 0 Å². The van der Waals surface area contributed by atoms with Crippen LogP contribution in [0.25, 0.3) is 0 Å². The third kappa shape index (κ3) is 3.39. The highest BCUT2D eigenvalue weighted by atomic mass is 16.5. The van der Waals surface area contributed by atoms with Crippen LogP contribution in [0.4, 0.5) is 11.4 Å². The lowest BCUT2D eigenvalue weighted by molar-refractivity contribution is -0.125. The van der Waals surface area contributed by atoms with Crippen LogP contribution in [0.5, 0.6) is 5.75 Å². The number of rotatable bonds is 4. The van der Waals surface area contributed by atoms with E-state index in [-0.39, 0.29) is 18.0 Å². The van der Waals surface area contributed by atoms with Gasteiger partial charge in [0.05, 0.1) is 31.7 Å². The van der Waals surface area contributed by atoms with Crippen LogP contribution in [0.2, 0.25) is 0 Å². The van der Waals surface area contributed by atoms with Crippen molar-refractivity contribution in [1.82, 2.24) is 5.32 Å². The fraction of sp³-hybridized carbons (Fsp3) is 0.533. The molecule has 1 fully saturated rings. The number of nitrogens with two attached hydrogens (primary N) is 1. The molecule has 0 aliphatic carbocycles. The average Bonchev–Trinajstić information content (AvgIpc) is 2.47. The Morgan fingerprint density at radius 3 is 2.95 bits per heavy atom. The summed E-state index contributed by atoms with van der Waals surface area (Å²) in [6.07, 6.45) is 0. The number of amides is 1. The molecule has 1 amide bonds. The third-order valence-corrected chi connectivity index (χ3v) is 3.43. The number of nitrogens with zero attached hydrogens (tertiary/aromatic N) is 1. The maximum atomic E-state index is 12.4. The minimum absolute atomic E-state index is 0.0491. The zero-order valence-electron chi connectivity index (χ0n) is 12.8. The molecule has 1 heterocycles. The number of hydrogen-bond donors (Lipinski definition) is 2. The summed E-state index contributed by atoms with van der Waals surface area (Å²) in [7, 11) is 1.58. The highest BCUT2D eigenvalue weighted by Crippen LogP contribution is 2.33. The molecule has 116 valence electrons. The Morgan fingerprint density at radius 1 is 1.52 bits per heavy atom. The van der Waals surface area contributed by atoms with Gasteiger partial charge in [-0.05, 0) is 26.0 Å². The second-order valence-corrected chi connectivity index (χ2v) is 5.34. The van der Waals surface area contributed by atoms with Crippen LogP contribution in [0, 0.1) is 0 Å². The van der Waals surface area contributed by atoms with Crippen molar-refractivity contribution in [1.29, 1.82) is 0 Å². The van der Waals surface area contributed by atoms with E-state index in [2.05, 4.69) is 5.32 Å². The number of hydrogen-bond acceptors (Lipinski definition) is 5. The first kappa shape index (κ1) is 15.4. The van der Waals surface area contributed by atoms with Gasteiger partial charge in [0.1, 0.15) is 11.8 Å². The molecular weight excluding hydrogens is 270 g/mol. The molecule has 0 bridgehead atoms. The Hall–Kier alpha value is -1.95. The molecule has 0 spiro atoms. The van der Waals surface area contributed by atoms with Gasteiger partial charge in [-0.1, -0.05) is 6.07 Å². The largest absolute Gasteiger partial charge is 0.495 e. The first-order valence-electron chi connectivity index (χ1n) is 7.11. The quantitative estimate of drug-likeness (QED) is 0.810. The molecule has 1 aliphatic rings. The molecule has 1 aromatic carbocycles. The molecule has 1 aromatic rings. The number of ether oxygens (including phenoxy) is 2. The summed E-state index contributed by atoms with van der Waals surface area (Å²) in [6.45, 7) is 5.42. The number of nitrogens with one attached hydrogen (secondary N) is 1. The Morgan fingerprint density at radius 2 is 2.29 bits per heavy atom. The zero-order chi connectivity index (χ0) is 15.4. The van der Waals surface area contributed by atoms with E-state index in [1.54, 1.807) is 7.11 Å². The summed E-state index contributed by atoms with van der Waals surface area (Å²) in [4.78, 5) is 14.3. The topological polar surface area (TPSA) is 76.8 Å². The van der Waals surface area contributed by atoms with Crippen LogP contribution in [-0.2, 0) is 9.53 Å². The fourth-order valence-electron chi connectivity index (χ4n) is 2.45. The Labute approximate surface area is 125 Å². The molecule has 0 aromatic heterocycles. The molecule has 1 atom stereocenters. The van der Waals surface area contributed by atoms with Gasteiger partial charge >= 0.3 is 0 Å². The predicted octanol–water partition coefficient (Wildman–Crippen LogP) is 1.01. The molecule has 21 heavy (non-hydrogen) atoms. The van der Waals surface area contributed by atoms with Crippen molar-refractivity contribution in [2.45, 2.75) is 25.9 Å². The smallest absolute Gasteiger partial charge is 0.245 e. The fourth-order valence-corrected chi connectivity index (χ4v) is 2.45. The number of carbonyl (C=O) groups excluding carboxylic acids is 1. The van der Waals surface area contributed by atoms with Crippen molar-refractivity contribution >= 4 is 17.3 Å². The molecule has 1 saturated heterocycles. The van der Waals surface area contributed by atoms with Gasteiger partial charge in [0, 0.05) is 12.6 Å². The number of benzene rings is 1. The number of anilines is 2. The van der Waals surface area contributed by atoms with Gasteiger partial charge in [0.25, 0.3) is 0 Å². The van der Waals surface area contributed by atoms with Gasteiger partial charge in [-0.2, -0.15) is 0 Å². The Kier molecular flexibility index (Phi) is 4.90. The summed E-state index contributed by atoms with van der Waals surface area (Å²) in [5, 5.41) is 2.93. The van der Waals surface area contributed by atoms with Crippen molar-refractivity contribution < 1.29 is 14.3 Å². The molecule has 6 heteroatoms. The second kappa shape index (κ2) is 6.67. The summed E-state index contributed by atoms with van der Waals surface area (Å²) in [5.41, 5.74) is 7.50. The second-order valence-electron chi connectivity index (χ2n) is 5.34.